The predicted octanol–water partition coefficient (Wildman–Crippen LogP) is 1.02. The molecule has 0 saturated carbocycles. The van der Waals surface area contributed by atoms with Crippen molar-refractivity contribution < 1.29 is 13.7 Å². The number of nitro groups is 1. The van der Waals surface area contributed by atoms with E-state index in [1.165, 1.54) is 0 Å². The van der Waals surface area contributed by atoms with Crippen LogP contribution in [0.3, 0.4) is 0 Å². The Morgan fingerprint density at radius 3 is 2.64 bits per heavy atom. The highest BCUT2D eigenvalue weighted by Crippen LogP contribution is 2.07. The summed E-state index contributed by atoms with van der Waals surface area (Å²) in [5, 5.41) is 10.3. The van der Waals surface area contributed by atoms with Gasteiger partial charge in [-0.2, -0.15) is 0 Å². The molecule has 5 nitrogen and oxygen atoms in total. The van der Waals surface area contributed by atoms with Gasteiger partial charge in [-0.05, 0) is 0 Å². The molecule has 0 unspecified atom stereocenters. The zero-order valence-corrected chi connectivity index (χ0v) is 6.89. The number of aromatic nitrogens is 1. The van der Waals surface area contributed by atoms with Crippen LogP contribution in [0.4, 0.5) is 14.5 Å². The molecule has 0 aliphatic heterocycles. The Kier molecular flexibility index (Phi) is 2.90. The Labute approximate surface area is 76.7 Å². The summed E-state index contributed by atoms with van der Waals surface area (Å²) in [4.78, 5) is 20.4. The zero-order valence-electron chi connectivity index (χ0n) is 6.89. The number of nitrogens with zero attached hydrogens (tertiary/aromatic N) is 2. The summed E-state index contributed by atoms with van der Waals surface area (Å²) in [6, 6.07) is 1.87. The van der Waals surface area contributed by atoms with Gasteiger partial charge >= 0.3 is 0 Å². The normalized spacial score (nSPS) is 10.5. The Morgan fingerprint density at radius 2 is 2.14 bits per heavy atom. The van der Waals surface area contributed by atoms with Crippen molar-refractivity contribution in [3.8, 4) is 0 Å². The van der Waals surface area contributed by atoms with Crippen LogP contribution in [0.1, 0.15) is 0 Å². The molecule has 1 aromatic rings. The fraction of sp³-hybridized carbons (Fsp3) is 0.286. The van der Waals surface area contributed by atoms with E-state index in [0.29, 0.717) is 4.57 Å². The summed E-state index contributed by atoms with van der Waals surface area (Å²) in [6.07, 6.45) is -1.91. The van der Waals surface area contributed by atoms with E-state index in [1.54, 1.807) is 0 Å². The molecular weight excluding hydrogens is 198 g/mol. The van der Waals surface area contributed by atoms with Gasteiger partial charge in [0, 0.05) is 12.1 Å². The van der Waals surface area contributed by atoms with Crippen molar-refractivity contribution in [1.29, 1.82) is 0 Å². The van der Waals surface area contributed by atoms with Gasteiger partial charge in [-0.3, -0.25) is 14.9 Å². The Morgan fingerprint density at radius 1 is 1.50 bits per heavy atom. The molecule has 0 saturated heterocycles. The molecule has 0 radical (unpaired) electrons. The Balaban J connectivity index is 3.08. The molecule has 0 spiro atoms. The molecule has 0 fully saturated rings. The molecule has 0 N–H and O–H groups in total. The van der Waals surface area contributed by atoms with Crippen LogP contribution in [0.15, 0.2) is 23.1 Å². The molecular formula is C7H6F2N2O3. The molecule has 1 heterocycles. The van der Waals surface area contributed by atoms with E-state index in [1.807, 2.05) is 0 Å². The minimum atomic E-state index is -2.71. The average molecular weight is 204 g/mol. The number of rotatable bonds is 3. The van der Waals surface area contributed by atoms with Crippen LogP contribution >= 0.6 is 0 Å². The van der Waals surface area contributed by atoms with Crippen molar-refractivity contribution in [1.82, 2.24) is 4.57 Å². The second-order valence-electron chi connectivity index (χ2n) is 2.53. The SMILES string of the molecule is O=c1ccc([N+](=O)[O-])cn1CC(F)F. The van der Waals surface area contributed by atoms with Gasteiger partial charge in [-0.15, -0.1) is 0 Å². The van der Waals surface area contributed by atoms with E-state index >= 15 is 0 Å². The number of alkyl halides is 2. The summed E-state index contributed by atoms with van der Waals surface area (Å²) in [7, 11) is 0. The first-order chi connectivity index (χ1) is 6.50. The molecule has 1 rings (SSSR count). The van der Waals surface area contributed by atoms with Gasteiger partial charge in [0.2, 0.25) is 0 Å². The van der Waals surface area contributed by atoms with Crippen LogP contribution in [0.5, 0.6) is 0 Å². The highest BCUT2D eigenvalue weighted by molar-refractivity contribution is 5.24. The van der Waals surface area contributed by atoms with Crippen LogP contribution in [0, 0.1) is 10.1 Å². The van der Waals surface area contributed by atoms with Crippen molar-refractivity contribution in [3.05, 3.63) is 38.8 Å². The van der Waals surface area contributed by atoms with E-state index < -0.39 is 23.5 Å². The molecule has 76 valence electrons. The summed E-state index contributed by atoms with van der Waals surface area (Å²) in [5.41, 5.74) is -1.07. The summed E-state index contributed by atoms with van der Waals surface area (Å²) in [5.74, 6) is 0. The third kappa shape index (κ3) is 2.35. The minimum Gasteiger partial charge on any atom is -0.303 e. The second kappa shape index (κ2) is 3.95. The Bertz CT molecular complexity index is 402. The number of hydrogen-bond donors (Lipinski definition) is 0. The van der Waals surface area contributed by atoms with Gasteiger partial charge in [-0.1, -0.05) is 0 Å². The van der Waals surface area contributed by atoms with E-state index in [-0.39, 0.29) is 5.69 Å². The third-order valence-electron chi connectivity index (χ3n) is 1.51. The van der Waals surface area contributed by atoms with Gasteiger partial charge in [-0.25, -0.2) is 8.78 Å². The number of pyridine rings is 1. The smallest absolute Gasteiger partial charge is 0.285 e. The lowest BCUT2D eigenvalue weighted by Gasteiger charge is -2.02. The van der Waals surface area contributed by atoms with Crippen molar-refractivity contribution in [2.75, 3.05) is 0 Å². The van der Waals surface area contributed by atoms with Crippen LogP contribution in [0.25, 0.3) is 0 Å². The fourth-order valence-electron chi connectivity index (χ4n) is 0.918. The summed E-state index contributed by atoms with van der Waals surface area (Å²) >= 11 is 0. The quantitative estimate of drug-likeness (QED) is 0.545. The molecule has 7 heteroatoms. The number of halogens is 2. The molecule has 0 aliphatic carbocycles. The minimum absolute atomic E-state index is 0.384. The maximum atomic E-state index is 11.9. The average Bonchev–Trinajstić information content (AvgIpc) is 2.07. The second-order valence-corrected chi connectivity index (χ2v) is 2.53. The zero-order chi connectivity index (χ0) is 10.7. The predicted molar refractivity (Wildman–Crippen MR) is 43.4 cm³/mol. The molecule has 14 heavy (non-hydrogen) atoms. The van der Waals surface area contributed by atoms with Crippen molar-refractivity contribution in [2.24, 2.45) is 0 Å². The van der Waals surface area contributed by atoms with Crippen LogP contribution in [-0.4, -0.2) is 15.9 Å². The van der Waals surface area contributed by atoms with Crippen LogP contribution in [-0.2, 0) is 6.54 Å². The van der Waals surface area contributed by atoms with Crippen molar-refractivity contribution >= 4 is 5.69 Å². The fourth-order valence-corrected chi connectivity index (χ4v) is 0.918. The van der Waals surface area contributed by atoms with Gasteiger partial charge in [0.05, 0.1) is 17.7 Å². The van der Waals surface area contributed by atoms with E-state index in [9.17, 15) is 23.7 Å². The summed E-state index contributed by atoms with van der Waals surface area (Å²) < 4.78 is 24.4. The molecule has 0 aromatic carbocycles. The van der Waals surface area contributed by atoms with E-state index in [0.717, 1.165) is 18.3 Å². The topological polar surface area (TPSA) is 65.1 Å². The molecule has 1 aromatic heterocycles. The third-order valence-corrected chi connectivity index (χ3v) is 1.51. The first kappa shape index (κ1) is 10.3. The largest absolute Gasteiger partial charge is 0.303 e. The lowest BCUT2D eigenvalue weighted by Crippen LogP contribution is -2.22. The Hall–Kier alpha value is -1.79. The highest BCUT2D eigenvalue weighted by Gasteiger charge is 2.10. The van der Waals surface area contributed by atoms with Gasteiger partial charge in [0.1, 0.15) is 0 Å². The molecule has 0 aliphatic rings. The van der Waals surface area contributed by atoms with Crippen molar-refractivity contribution in [3.63, 3.8) is 0 Å². The van der Waals surface area contributed by atoms with Gasteiger partial charge in [0.15, 0.2) is 0 Å². The van der Waals surface area contributed by atoms with Gasteiger partial charge < -0.3 is 4.57 Å². The standard InChI is InChI=1S/C7H6F2N2O3/c8-6(9)4-10-3-5(11(13)14)1-2-7(10)12/h1-3,6H,4H2. The first-order valence-corrected chi connectivity index (χ1v) is 3.63. The molecule has 0 amide bonds. The van der Waals surface area contributed by atoms with E-state index in [4.69, 9.17) is 0 Å². The monoisotopic (exact) mass is 204 g/mol. The van der Waals surface area contributed by atoms with E-state index in [2.05, 4.69) is 0 Å². The summed E-state index contributed by atoms with van der Waals surface area (Å²) in [6.45, 7) is -0.833. The van der Waals surface area contributed by atoms with Crippen LogP contribution < -0.4 is 5.56 Å². The molecule has 0 bridgehead atoms. The van der Waals surface area contributed by atoms with Gasteiger partial charge in [0.25, 0.3) is 17.7 Å². The maximum absolute atomic E-state index is 11.9. The number of hydrogen-bond acceptors (Lipinski definition) is 3. The maximum Gasteiger partial charge on any atom is 0.285 e. The highest BCUT2D eigenvalue weighted by atomic mass is 19.3. The first-order valence-electron chi connectivity index (χ1n) is 3.63. The van der Waals surface area contributed by atoms with Crippen LogP contribution in [0.2, 0.25) is 0 Å². The lowest BCUT2D eigenvalue weighted by atomic mass is 10.4. The lowest BCUT2D eigenvalue weighted by molar-refractivity contribution is -0.385. The van der Waals surface area contributed by atoms with Crippen molar-refractivity contribution in [2.45, 2.75) is 13.0 Å². The molecule has 0 atom stereocenters.